The summed E-state index contributed by atoms with van der Waals surface area (Å²) in [6.07, 6.45) is 4.18. The maximum atomic E-state index is 5.54. The molecule has 2 N–H and O–H groups in total. The zero-order valence-electron chi connectivity index (χ0n) is 14.7. The van der Waals surface area contributed by atoms with Crippen LogP contribution in [0.4, 0.5) is 5.69 Å². The predicted octanol–water partition coefficient (Wildman–Crippen LogP) is 3.47. The molecule has 134 valence electrons. The van der Waals surface area contributed by atoms with Crippen LogP contribution in [0.5, 0.6) is 11.5 Å². The van der Waals surface area contributed by atoms with Gasteiger partial charge in [0.1, 0.15) is 5.76 Å². The van der Waals surface area contributed by atoms with Crippen molar-refractivity contribution in [3.63, 3.8) is 0 Å². The second-order valence-electron chi connectivity index (χ2n) is 5.15. The predicted molar refractivity (Wildman–Crippen MR) is 101 cm³/mol. The van der Waals surface area contributed by atoms with Gasteiger partial charge in [0.2, 0.25) is 0 Å². The van der Waals surface area contributed by atoms with Gasteiger partial charge in [-0.25, -0.2) is 0 Å². The number of aliphatic imine (C=N–C) groups is 1. The molecule has 1 aromatic heterocycles. The largest absolute Gasteiger partial charge is 0.493 e. The van der Waals surface area contributed by atoms with Gasteiger partial charge in [-0.3, -0.25) is 4.99 Å². The second-order valence-corrected chi connectivity index (χ2v) is 5.15. The minimum absolute atomic E-state index is 0.587. The topological polar surface area (TPSA) is 68.0 Å². The van der Waals surface area contributed by atoms with Gasteiger partial charge in [0, 0.05) is 31.3 Å². The van der Waals surface area contributed by atoms with Gasteiger partial charge in [-0.05, 0) is 31.2 Å². The van der Waals surface area contributed by atoms with E-state index in [9.17, 15) is 0 Å². The summed E-state index contributed by atoms with van der Waals surface area (Å²) in [5.41, 5.74) is 0.855. The number of hydrogen-bond acceptors (Lipinski definition) is 4. The van der Waals surface area contributed by atoms with Crippen LogP contribution in [0.3, 0.4) is 0 Å². The number of furan rings is 1. The minimum Gasteiger partial charge on any atom is -0.493 e. The Kier molecular flexibility index (Phi) is 7.43. The van der Waals surface area contributed by atoms with Crippen LogP contribution < -0.4 is 20.1 Å². The lowest BCUT2D eigenvalue weighted by Crippen LogP contribution is -2.31. The van der Waals surface area contributed by atoms with Crippen molar-refractivity contribution in [3.8, 4) is 11.5 Å². The Hall–Kier alpha value is -2.89. The molecular weight excluding hydrogens is 318 g/mol. The molecular formula is C19H25N3O3. The van der Waals surface area contributed by atoms with Gasteiger partial charge >= 0.3 is 0 Å². The Labute approximate surface area is 148 Å². The fourth-order valence-electron chi connectivity index (χ4n) is 2.20. The normalized spacial score (nSPS) is 11.0. The van der Waals surface area contributed by atoms with E-state index in [2.05, 4.69) is 22.2 Å². The summed E-state index contributed by atoms with van der Waals surface area (Å²) in [4.78, 5) is 4.56. The first-order valence-electron chi connectivity index (χ1n) is 8.26. The number of anilines is 1. The van der Waals surface area contributed by atoms with Gasteiger partial charge in [0.25, 0.3) is 0 Å². The van der Waals surface area contributed by atoms with Crippen LogP contribution in [0.15, 0.2) is 58.7 Å². The first-order chi connectivity index (χ1) is 12.3. The van der Waals surface area contributed by atoms with Crippen molar-refractivity contribution in [3.05, 3.63) is 55.0 Å². The Balaban J connectivity index is 2.05. The van der Waals surface area contributed by atoms with E-state index in [-0.39, 0.29) is 0 Å². The van der Waals surface area contributed by atoms with Crippen LogP contribution in [0.2, 0.25) is 0 Å². The third-order valence-corrected chi connectivity index (χ3v) is 3.35. The molecule has 0 amide bonds. The standard InChI is InChI=1S/C19H25N3O3/c1-4-11-20-19(21-12-10-16-7-6-13-25-16)22-15-8-9-17(24-5-2)18(14-15)23-3/h4,6-9,13-14H,1,5,10-12H2,2-3H3,(H2,20,21,22). The molecule has 6 nitrogen and oxygen atoms in total. The third kappa shape index (κ3) is 5.91. The SMILES string of the molecule is C=CCNC(=NCCc1ccco1)Nc1ccc(OCC)c(OC)c1. The molecule has 2 aromatic rings. The average Bonchev–Trinajstić information content (AvgIpc) is 3.14. The number of benzene rings is 1. The van der Waals surface area contributed by atoms with Crippen molar-refractivity contribution in [2.45, 2.75) is 13.3 Å². The lowest BCUT2D eigenvalue weighted by Gasteiger charge is -2.14. The van der Waals surface area contributed by atoms with Crippen LogP contribution in [-0.2, 0) is 6.42 Å². The van der Waals surface area contributed by atoms with E-state index in [4.69, 9.17) is 13.9 Å². The summed E-state index contributed by atoms with van der Waals surface area (Å²) >= 11 is 0. The van der Waals surface area contributed by atoms with Gasteiger partial charge in [0.05, 0.1) is 20.0 Å². The number of hydrogen-bond donors (Lipinski definition) is 2. The Morgan fingerprint density at radius 1 is 1.32 bits per heavy atom. The Bertz CT molecular complexity index is 681. The number of methoxy groups -OCH3 is 1. The van der Waals surface area contributed by atoms with Crippen LogP contribution in [0, 0.1) is 0 Å². The number of rotatable bonds is 9. The summed E-state index contributed by atoms with van der Waals surface area (Å²) in [5, 5.41) is 6.46. The smallest absolute Gasteiger partial charge is 0.196 e. The van der Waals surface area contributed by atoms with Crippen LogP contribution >= 0.6 is 0 Å². The first-order valence-corrected chi connectivity index (χ1v) is 8.26. The van der Waals surface area contributed by atoms with Crippen molar-refractivity contribution in [1.82, 2.24) is 5.32 Å². The maximum Gasteiger partial charge on any atom is 0.196 e. The number of nitrogens with one attached hydrogen (secondary N) is 2. The molecule has 0 aliphatic carbocycles. The zero-order chi connectivity index (χ0) is 17.9. The van der Waals surface area contributed by atoms with E-state index in [0.717, 1.165) is 17.9 Å². The average molecular weight is 343 g/mol. The molecule has 0 fully saturated rings. The molecule has 0 saturated carbocycles. The van der Waals surface area contributed by atoms with Crippen LogP contribution in [0.1, 0.15) is 12.7 Å². The lowest BCUT2D eigenvalue weighted by atomic mass is 10.2. The summed E-state index contributed by atoms with van der Waals surface area (Å²) in [6.45, 7) is 7.47. The molecule has 0 aliphatic heterocycles. The van der Waals surface area contributed by atoms with E-state index >= 15 is 0 Å². The molecule has 6 heteroatoms. The van der Waals surface area contributed by atoms with Gasteiger partial charge in [-0.15, -0.1) is 6.58 Å². The molecule has 25 heavy (non-hydrogen) atoms. The molecule has 0 radical (unpaired) electrons. The monoisotopic (exact) mass is 343 g/mol. The van der Waals surface area contributed by atoms with Crippen molar-refractivity contribution >= 4 is 11.6 Å². The van der Waals surface area contributed by atoms with Gasteiger partial charge in [-0.1, -0.05) is 6.08 Å². The summed E-state index contributed by atoms with van der Waals surface area (Å²) < 4.78 is 16.2. The van der Waals surface area contributed by atoms with Gasteiger partial charge < -0.3 is 24.5 Å². The summed E-state index contributed by atoms with van der Waals surface area (Å²) in [6, 6.07) is 9.49. The van der Waals surface area contributed by atoms with Gasteiger partial charge in [-0.2, -0.15) is 0 Å². The van der Waals surface area contributed by atoms with Crippen molar-refractivity contribution in [2.24, 2.45) is 4.99 Å². The number of nitrogens with zero attached hydrogens (tertiary/aromatic N) is 1. The van der Waals surface area contributed by atoms with Crippen LogP contribution in [-0.4, -0.2) is 32.8 Å². The van der Waals surface area contributed by atoms with Gasteiger partial charge in [0.15, 0.2) is 17.5 Å². The van der Waals surface area contributed by atoms with Crippen LogP contribution in [0.25, 0.3) is 0 Å². The highest BCUT2D eigenvalue weighted by atomic mass is 16.5. The van der Waals surface area contributed by atoms with E-state index < -0.39 is 0 Å². The molecule has 0 spiro atoms. The number of guanidine groups is 1. The maximum absolute atomic E-state index is 5.54. The second kappa shape index (κ2) is 10.1. The van der Waals surface area contributed by atoms with E-state index in [1.165, 1.54) is 0 Å². The fourth-order valence-corrected chi connectivity index (χ4v) is 2.20. The Morgan fingerprint density at radius 3 is 2.88 bits per heavy atom. The van der Waals surface area contributed by atoms with Crippen molar-refractivity contribution < 1.29 is 13.9 Å². The molecule has 1 aromatic carbocycles. The first kappa shape index (κ1) is 18.4. The summed E-state index contributed by atoms with van der Waals surface area (Å²) in [7, 11) is 1.62. The molecule has 0 aliphatic rings. The molecule has 0 bridgehead atoms. The fraction of sp³-hybridized carbons (Fsp3) is 0.316. The molecule has 0 unspecified atom stereocenters. The minimum atomic E-state index is 0.587. The highest BCUT2D eigenvalue weighted by molar-refractivity contribution is 5.94. The van der Waals surface area contributed by atoms with E-state index in [0.29, 0.717) is 37.2 Å². The molecule has 2 rings (SSSR count). The lowest BCUT2D eigenvalue weighted by molar-refractivity contribution is 0.311. The molecule has 0 atom stereocenters. The van der Waals surface area contributed by atoms with E-state index in [1.807, 2.05) is 37.3 Å². The highest BCUT2D eigenvalue weighted by Crippen LogP contribution is 2.30. The number of ether oxygens (including phenoxy) is 2. The molecule has 0 saturated heterocycles. The third-order valence-electron chi connectivity index (χ3n) is 3.35. The Morgan fingerprint density at radius 2 is 2.20 bits per heavy atom. The van der Waals surface area contributed by atoms with E-state index in [1.54, 1.807) is 19.4 Å². The molecule has 1 heterocycles. The van der Waals surface area contributed by atoms with Crippen molar-refractivity contribution in [1.29, 1.82) is 0 Å². The van der Waals surface area contributed by atoms with Crippen molar-refractivity contribution in [2.75, 3.05) is 32.1 Å². The quantitative estimate of drug-likeness (QED) is 0.414. The zero-order valence-corrected chi connectivity index (χ0v) is 14.7. The highest BCUT2D eigenvalue weighted by Gasteiger charge is 2.07. The summed E-state index contributed by atoms with van der Waals surface area (Å²) in [5.74, 6) is 2.96.